The van der Waals surface area contributed by atoms with Gasteiger partial charge in [0.1, 0.15) is 5.25 Å². The number of hydrogen-bond donors (Lipinski definition) is 2. The van der Waals surface area contributed by atoms with E-state index in [1.54, 1.807) is 42.5 Å². The SMILES string of the molecule is CCOC(=O)c1ccc(NC(=O)C2CC(=O)N/C(=N\N=C(C)c3cccs3)S2)cc1. The van der Waals surface area contributed by atoms with Crippen molar-refractivity contribution in [3.05, 3.63) is 52.2 Å². The minimum Gasteiger partial charge on any atom is -0.462 e. The maximum absolute atomic E-state index is 12.6. The number of amidine groups is 1. The Labute approximate surface area is 181 Å². The Kier molecular flexibility index (Phi) is 7.36. The molecule has 2 N–H and O–H groups in total. The molecule has 8 nitrogen and oxygen atoms in total. The van der Waals surface area contributed by atoms with Crippen LogP contribution < -0.4 is 10.6 Å². The summed E-state index contributed by atoms with van der Waals surface area (Å²) < 4.78 is 4.93. The predicted molar refractivity (Wildman–Crippen MR) is 119 cm³/mol. The number of thiophene rings is 1. The van der Waals surface area contributed by atoms with E-state index in [4.69, 9.17) is 4.74 Å². The zero-order valence-corrected chi connectivity index (χ0v) is 18.0. The number of esters is 1. The molecular weight excluding hydrogens is 424 g/mol. The Morgan fingerprint density at radius 2 is 2.03 bits per heavy atom. The fourth-order valence-electron chi connectivity index (χ4n) is 2.52. The quantitative estimate of drug-likeness (QED) is 0.404. The van der Waals surface area contributed by atoms with E-state index in [9.17, 15) is 14.4 Å². The lowest BCUT2D eigenvalue weighted by molar-refractivity contribution is -0.123. The molecule has 2 amide bonds. The van der Waals surface area contributed by atoms with E-state index in [0.717, 1.165) is 22.4 Å². The van der Waals surface area contributed by atoms with Gasteiger partial charge in [-0.25, -0.2) is 4.79 Å². The van der Waals surface area contributed by atoms with Crippen LogP contribution >= 0.6 is 23.1 Å². The second kappa shape index (κ2) is 10.2. The first-order valence-electron chi connectivity index (χ1n) is 9.17. The van der Waals surface area contributed by atoms with E-state index in [1.165, 1.54) is 0 Å². The highest BCUT2D eigenvalue weighted by atomic mass is 32.2. The molecule has 1 aromatic heterocycles. The van der Waals surface area contributed by atoms with Gasteiger partial charge < -0.3 is 15.4 Å². The summed E-state index contributed by atoms with van der Waals surface area (Å²) in [4.78, 5) is 37.3. The van der Waals surface area contributed by atoms with Crippen LogP contribution in [-0.2, 0) is 14.3 Å². The van der Waals surface area contributed by atoms with Gasteiger partial charge in [-0.15, -0.1) is 16.4 Å². The summed E-state index contributed by atoms with van der Waals surface area (Å²) in [6.07, 6.45) is 0.0318. The molecule has 10 heteroatoms. The first-order valence-corrected chi connectivity index (χ1v) is 10.9. The topological polar surface area (TPSA) is 109 Å². The van der Waals surface area contributed by atoms with Gasteiger partial charge in [-0.3, -0.25) is 9.59 Å². The zero-order chi connectivity index (χ0) is 21.5. The molecule has 156 valence electrons. The molecule has 0 spiro atoms. The molecule has 1 fully saturated rings. The predicted octanol–water partition coefficient (Wildman–Crippen LogP) is 3.27. The van der Waals surface area contributed by atoms with Gasteiger partial charge in [-0.2, -0.15) is 5.10 Å². The third kappa shape index (κ3) is 5.77. The molecule has 2 aromatic rings. The van der Waals surface area contributed by atoms with E-state index in [-0.39, 0.29) is 23.4 Å². The summed E-state index contributed by atoms with van der Waals surface area (Å²) >= 11 is 2.69. The molecule has 30 heavy (non-hydrogen) atoms. The van der Waals surface area contributed by atoms with Crippen LogP contribution in [0.15, 0.2) is 52.0 Å². The van der Waals surface area contributed by atoms with Crippen molar-refractivity contribution in [1.29, 1.82) is 0 Å². The van der Waals surface area contributed by atoms with Crippen molar-refractivity contribution in [3.8, 4) is 0 Å². The average Bonchev–Trinajstić information content (AvgIpc) is 3.27. The van der Waals surface area contributed by atoms with Crippen LogP contribution in [0.4, 0.5) is 5.69 Å². The largest absolute Gasteiger partial charge is 0.462 e. The van der Waals surface area contributed by atoms with E-state index < -0.39 is 11.2 Å². The van der Waals surface area contributed by atoms with E-state index >= 15 is 0 Å². The molecule has 0 bridgehead atoms. The molecule has 3 rings (SSSR count). The zero-order valence-electron chi connectivity index (χ0n) is 16.4. The standard InChI is InChI=1S/C20H20N4O4S2/c1-3-28-19(27)13-6-8-14(9-7-13)21-18(26)16-11-17(25)22-20(30-16)24-23-12(2)15-5-4-10-29-15/h4-10,16H,3,11H2,1-2H3,(H,21,26)(H,22,24,25). The number of carbonyl (C=O) groups is 3. The van der Waals surface area contributed by atoms with Crippen molar-refractivity contribution >= 4 is 57.4 Å². The molecular formula is C20H20N4O4S2. The highest BCUT2D eigenvalue weighted by molar-refractivity contribution is 8.15. The summed E-state index contributed by atoms with van der Waals surface area (Å²) in [6, 6.07) is 10.2. The summed E-state index contributed by atoms with van der Waals surface area (Å²) in [5, 5.41) is 15.2. The molecule has 1 saturated heterocycles. The fraction of sp³-hybridized carbons (Fsp3) is 0.250. The third-order valence-corrected chi connectivity index (χ3v) is 6.05. The lowest BCUT2D eigenvalue weighted by atomic mass is 10.2. The number of thioether (sulfide) groups is 1. The van der Waals surface area contributed by atoms with Crippen LogP contribution in [0.5, 0.6) is 0 Å². The van der Waals surface area contributed by atoms with Gasteiger partial charge in [0, 0.05) is 12.1 Å². The Balaban J connectivity index is 1.64. The van der Waals surface area contributed by atoms with Crippen molar-refractivity contribution < 1.29 is 19.1 Å². The van der Waals surface area contributed by atoms with Gasteiger partial charge >= 0.3 is 5.97 Å². The number of amides is 2. The van der Waals surface area contributed by atoms with Crippen molar-refractivity contribution in [3.63, 3.8) is 0 Å². The molecule has 1 aromatic carbocycles. The number of carbonyl (C=O) groups excluding carboxylic acids is 3. The van der Waals surface area contributed by atoms with Crippen LogP contribution in [0.2, 0.25) is 0 Å². The van der Waals surface area contributed by atoms with Crippen LogP contribution in [0.1, 0.15) is 35.5 Å². The molecule has 1 aliphatic heterocycles. The molecule has 0 aliphatic carbocycles. The van der Waals surface area contributed by atoms with Crippen molar-refractivity contribution in [1.82, 2.24) is 5.32 Å². The summed E-state index contributed by atoms with van der Waals surface area (Å²) in [5.74, 6) is -1.05. The lowest BCUT2D eigenvalue weighted by Crippen LogP contribution is -2.41. The number of nitrogens with zero attached hydrogens (tertiary/aromatic N) is 2. The van der Waals surface area contributed by atoms with E-state index in [1.807, 2.05) is 24.4 Å². The minimum absolute atomic E-state index is 0.0318. The molecule has 1 unspecified atom stereocenters. The molecule has 1 aliphatic rings. The second-order valence-corrected chi connectivity index (χ2v) is 8.35. The Morgan fingerprint density at radius 1 is 1.27 bits per heavy atom. The highest BCUT2D eigenvalue weighted by Gasteiger charge is 2.30. The van der Waals surface area contributed by atoms with E-state index in [0.29, 0.717) is 17.9 Å². The molecule has 0 saturated carbocycles. The van der Waals surface area contributed by atoms with Crippen molar-refractivity contribution in [2.75, 3.05) is 11.9 Å². The Hall–Kier alpha value is -2.98. The van der Waals surface area contributed by atoms with Gasteiger partial charge in [-0.1, -0.05) is 17.8 Å². The van der Waals surface area contributed by atoms with Crippen molar-refractivity contribution in [2.24, 2.45) is 10.2 Å². The molecule has 0 radical (unpaired) electrons. The fourth-order valence-corrected chi connectivity index (χ4v) is 4.12. The number of benzene rings is 1. The van der Waals surface area contributed by atoms with Gasteiger partial charge in [0.05, 0.1) is 22.8 Å². The third-order valence-electron chi connectivity index (χ3n) is 4.00. The number of hydrogen-bond acceptors (Lipinski definition) is 8. The first kappa shape index (κ1) is 21.7. The number of anilines is 1. The number of ether oxygens (including phenoxy) is 1. The van der Waals surface area contributed by atoms with Crippen LogP contribution in [0.3, 0.4) is 0 Å². The van der Waals surface area contributed by atoms with Crippen molar-refractivity contribution in [2.45, 2.75) is 25.5 Å². The van der Waals surface area contributed by atoms with Crippen LogP contribution in [0, 0.1) is 0 Å². The smallest absolute Gasteiger partial charge is 0.338 e. The highest BCUT2D eigenvalue weighted by Crippen LogP contribution is 2.23. The van der Waals surface area contributed by atoms with Crippen LogP contribution in [-0.4, -0.2) is 40.5 Å². The average molecular weight is 445 g/mol. The minimum atomic E-state index is -0.639. The monoisotopic (exact) mass is 444 g/mol. The molecule has 1 atom stereocenters. The van der Waals surface area contributed by atoms with Crippen LogP contribution in [0.25, 0.3) is 0 Å². The Bertz CT molecular complexity index is 985. The number of nitrogens with one attached hydrogen (secondary N) is 2. The van der Waals surface area contributed by atoms with Gasteiger partial charge in [0.25, 0.3) is 0 Å². The maximum Gasteiger partial charge on any atom is 0.338 e. The van der Waals surface area contributed by atoms with E-state index in [2.05, 4.69) is 20.8 Å². The first-order chi connectivity index (χ1) is 14.5. The Morgan fingerprint density at radius 3 is 2.70 bits per heavy atom. The lowest BCUT2D eigenvalue weighted by Gasteiger charge is -2.21. The second-order valence-electron chi connectivity index (χ2n) is 6.21. The van der Waals surface area contributed by atoms with Gasteiger partial charge in [0.15, 0.2) is 5.17 Å². The molecule has 2 heterocycles. The van der Waals surface area contributed by atoms with Gasteiger partial charge in [-0.05, 0) is 49.6 Å². The number of rotatable bonds is 6. The summed E-state index contributed by atoms with van der Waals surface area (Å²) in [7, 11) is 0. The maximum atomic E-state index is 12.6. The summed E-state index contributed by atoms with van der Waals surface area (Å²) in [6.45, 7) is 3.85. The normalized spacial score (nSPS) is 18.1. The van der Waals surface area contributed by atoms with Gasteiger partial charge in [0.2, 0.25) is 11.8 Å². The summed E-state index contributed by atoms with van der Waals surface area (Å²) in [5.41, 5.74) is 1.64.